The highest BCUT2D eigenvalue weighted by atomic mass is 15.2. The van der Waals surface area contributed by atoms with Crippen molar-refractivity contribution in [2.75, 3.05) is 25.5 Å². The molecule has 0 saturated heterocycles. The Morgan fingerprint density at radius 2 is 1.87 bits per heavy atom. The van der Waals surface area contributed by atoms with Gasteiger partial charge < -0.3 is 10.6 Å². The van der Waals surface area contributed by atoms with Gasteiger partial charge in [0.2, 0.25) is 0 Å². The minimum Gasteiger partial charge on any atom is -0.369 e. The molecule has 4 heteroatoms. The Kier molecular flexibility index (Phi) is 8.67. The van der Waals surface area contributed by atoms with Crippen LogP contribution in [0.2, 0.25) is 0 Å². The fourth-order valence-electron chi connectivity index (χ4n) is 0.975. The van der Waals surface area contributed by atoms with Gasteiger partial charge in [-0.25, -0.2) is 0 Å². The van der Waals surface area contributed by atoms with Crippen LogP contribution in [0.25, 0.3) is 0 Å². The monoisotopic (exact) mass is 210 g/mol. The van der Waals surface area contributed by atoms with E-state index in [4.69, 9.17) is 0 Å². The zero-order valence-corrected chi connectivity index (χ0v) is 10.2. The number of aryl methyl sites for hydroxylation is 1. The Bertz CT molecular complexity index is 233. The van der Waals surface area contributed by atoms with Crippen molar-refractivity contribution in [3.05, 3.63) is 17.8 Å². The van der Waals surface area contributed by atoms with Gasteiger partial charge in [-0.15, -0.1) is 5.10 Å². The van der Waals surface area contributed by atoms with Crippen LogP contribution in [-0.2, 0) is 0 Å². The van der Waals surface area contributed by atoms with Crippen LogP contribution in [0, 0.1) is 6.92 Å². The Morgan fingerprint density at radius 3 is 2.40 bits per heavy atom. The van der Waals surface area contributed by atoms with Crippen molar-refractivity contribution in [1.82, 2.24) is 15.5 Å². The molecular weight excluding hydrogens is 188 g/mol. The van der Waals surface area contributed by atoms with Crippen molar-refractivity contribution in [3.63, 3.8) is 0 Å². The highest BCUT2D eigenvalue weighted by Gasteiger charge is 1.92. The number of nitrogens with one attached hydrogen (secondary N) is 2. The number of rotatable bonds is 5. The number of nitrogens with zero attached hydrogens (tertiary/aromatic N) is 2. The topological polar surface area (TPSA) is 49.8 Å². The van der Waals surface area contributed by atoms with Crippen LogP contribution in [0.5, 0.6) is 0 Å². The second-order valence-electron chi connectivity index (χ2n) is 2.94. The van der Waals surface area contributed by atoms with Crippen LogP contribution >= 0.6 is 0 Å². The third-order valence-electron chi connectivity index (χ3n) is 1.71. The minimum absolute atomic E-state index is 0.849. The Balaban J connectivity index is 0.000000921. The van der Waals surface area contributed by atoms with E-state index < -0.39 is 0 Å². The van der Waals surface area contributed by atoms with E-state index in [9.17, 15) is 0 Å². The summed E-state index contributed by atoms with van der Waals surface area (Å²) in [5, 5.41) is 14.2. The molecule has 15 heavy (non-hydrogen) atoms. The van der Waals surface area contributed by atoms with Gasteiger partial charge in [-0.05, 0) is 39.1 Å². The van der Waals surface area contributed by atoms with E-state index in [0.717, 1.165) is 31.0 Å². The molecule has 1 aromatic heterocycles. The Labute approximate surface area is 92.5 Å². The summed E-state index contributed by atoms with van der Waals surface area (Å²) >= 11 is 0. The summed E-state index contributed by atoms with van der Waals surface area (Å²) < 4.78 is 0. The molecule has 0 aliphatic carbocycles. The summed E-state index contributed by atoms with van der Waals surface area (Å²) in [5.41, 5.74) is 0.945. The van der Waals surface area contributed by atoms with Crippen LogP contribution in [0.3, 0.4) is 0 Å². The lowest BCUT2D eigenvalue weighted by molar-refractivity contribution is 0.745. The van der Waals surface area contributed by atoms with Crippen molar-refractivity contribution >= 4 is 5.82 Å². The number of anilines is 1. The average molecular weight is 210 g/mol. The first kappa shape index (κ1) is 13.8. The molecular formula is C11H22N4. The molecule has 0 saturated carbocycles. The highest BCUT2D eigenvalue weighted by Crippen LogP contribution is 2.00. The van der Waals surface area contributed by atoms with Crippen molar-refractivity contribution < 1.29 is 0 Å². The van der Waals surface area contributed by atoms with Crippen LogP contribution < -0.4 is 10.6 Å². The first-order valence-corrected chi connectivity index (χ1v) is 5.52. The number of hydrogen-bond donors (Lipinski definition) is 2. The molecule has 0 aromatic carbocycles. The van der Waals surface area contributed by atoms with Gasteiger partial charge in [-0.1, -0.05) is 13.8 Å². The van der Waals surface area contributed by atoms with Crippen molar-refractivity contribution in [2.24, 2.45) is 0 Å². The number of hydrogen-bond acceptors (Lipinski definition) is 4. The van der Waals surface area contributed by atoms with Gasteiger partial charge in [-0.3, -0.25) is 0 Å². The van der Waals surface area contributed by atoms with Crippen LogP contribution in [0.1, 0.15) is 26.0 Å². The Hall–Kier alpha value is -1.16. The standard InChI is InChI=1S/C9H16N4.C2H6/c1-8-4-5-9(13-12-8)11-7-3-6-10-2;1-2/h4-5,10H,3,6-7H2,1-2H3,(H,11,13);1-2H3. The summed E-state index contributed by atoms with van der Waals surface area (Å²) in [5.74, 6) is 0.849. The average Bonchev–Trinajstić information content (AvgIpc) is 2.30. The van der Waals surface area contributed by atoms with Crippen LogP contribution in [0.15, 0.2) is 12.1 Å². The maximum Gasteiger partial charge on any atom is 0.148 e. The summed E-state index contributed by atoms with van der Waals surface area (Å²) in [6, 6.07) is 3.90. The lowest BCUT2D eigenvalue weighted by atomic mass is 10.4. The lowest BCUT2D eigenvalue weighted by Gasteiger charge is -2.03. The molecule has 86 valence electrons. The van der Waals surface area contributed by atoms with Crippen LogP contribution in [-0.4, -0.2) is 30.3 Å². The van der Waals surface area contributed by atoms with Gasteiger partial charge in [-0.2, -0.15) is 5.10 Å². The fourth-order valence-corrected chi connectivity index (χ4v) is 0.975. The van der Waals surface area contributed by atoms with E-state index in [1.54, 1.807) is 0 Å². The van der Waals surface area contributed by atoms with Gasteiger partial charge in [0.1, 0.15) is 5.82 Å². The van der Waals surface area contributed by atoms with E-state index in [2.05, 4.69) is 20.8 Å². The van der Waals surface area contributed by atoms with Gasteiger partial charge >= 0.3 is 0 Å². The van der Waals surface area contributed by atoms with Gasteiger partial charge in [0.05, 0.1) is 5.69 Å². The van der Waals surface area contributed by atoms with Gasteiger partial charge in [0.25, 0.3) is 0 Å². The Morgan fingerprint density at radius 1 is 1.13 bits per heavy atom. The molecule has 1 heterocycles. The van der Waals surface area contributed by atoms with E-state index in [1.807, 2.05) is 40.0 Å². The first-order chi connectivity index (χ1) is 7.33. The molecule has 0 aliphatic rings. The molecule has 4 nitrogen and oxygen atoms in total. The predicted molar refractivity (Wildman–Crippen MR) is 65.2 cm³/mol. The van der Waals surface area contributed by atoms with E-state index in [0.29, 0.717) is 0 Å². The summed E-state index contributed by atoms with van der Waals surface area (Å²) in [6.45, 7) is 7.88. The molecule has 0 unspecified atom stereocenters. The maximum absolute atomic E-state index is 3.99. The lowest BCUT2D eigenvalue weighted by Crippen LogP contribution is -2.13. The second-order valence-corrected chi connectivity index (χ2v) is 2.94. The molecule has 2 N–H and O–H groups in total. The summed E-state index contributed by atoms with van der Waals surface area (Å²) in [7, 11) is 1.95. The predicted octanol–water partition coefficient (Wildman–Crippen LogP) is 1.83. The highest BCUT2D eigenvalue weighted by molar-refractivity contribution is 5.32. The molecule has 1 rings (SSSR count). The zero-order chi connectivity index (χ0) is 11.5. The quantitative estimate of drug-likeness (QED) is 0.728. The molecule has 0 amide bonds. The van der Waals surface area contributed by atoms with Gasteiger partial charge in [0.15, 0.2) is 0 Å². The second kappa shape index (κ2) is 9.40. The zero-order valence-electron chi connectivity index (χ0n) is 10.2. The molecule has 0 spiro atoms. The first-order valence-electron chi connectivity index (χ1n) is 5.52. The summed E-state index contributed by atoms with van der Waals surface area (Å²) in [6.07, 6.45) is 1.09. The maximum atomic E-state index is 3.99. The van der Waals surface area contributed by atoms with Gasteiger partial charge in [0, 0.05) is 6.54 Å². The van der Waals surface area contributed by atoms with Crippen LogP contribution in [0.4, 0.5) is 5.82 Å². The third-order valence-corrected chi connectivity index (χ3v) is 1.71. The largest absolute Gasteiger partial charge is 0.369 e. The molecule has 0 bridgehead atoms. The van der Waals surface area contributed by atoms with E-state index >= 15 is 0 Å². The number of aromatic nitrogens is 2. The molecule has 0 atom stereocenters. The third kappa shape index (κ3) is 6.85. The van der Waals surface area contributed by atoms with E-state index in [1.165, 1.54) is 0 Å². The molecule has 0 aliphatic heterocycles. The summed E-state index contributed by atoms with van der Waals surface area (Å²) in [4.78, 5) is 0. The van der Waals surface area contributed by atoms with E-state index in [-0.39, 0.29) is 0 Å². The van der Waals surface area contributed by atoms with Crippen molar-refractivity contribution in [1.29, 1.82) is 0 Å². The smallest absolute Gasteiger partial charge is 0.148 e. The SMILES string of the molecule is CC.CNCCCNc1ccc(C)nn1. The minimum atomic E-state index is 0.849. The molecule has 0 radical (unpaired) electrons. The normalized spacial score (nSPS) is 9.07. The molecule has 1 aromatic rings. The van der Waals surface area contributed by atoms with Crippen molar-refractivity contribution in [2.45, 2.75) is 27.2 Å². The fraction of sp³-hybridized carbons (Fsp3) is 0.636. The van der Waals surface area contributed by atoms with Crippen molar-refractivity contribution in [3.8, 4) is 0 Å². The molecule has 0 fully saturated rings.